The number of carbonyl (C=O) groups excluding carboxylic acids is 1. The minimum atomic E-state index is -0.466. The Hall–Kier alpha value is -1.95. The summed E-state index contributed by atoms with van der Waals surface area (Å²) in [6.07, 6.45) is 2.13. The highest BCUT2D eigenvalue weighted by molar-refractivity contribution is 5.94. The van der Waals surface area contributed by atoms with Crippen molar-refractivity contribution in [3.05, 3.63) is 34.4 Å². The smallest absolute Gasteiger partial charge is 0.269 e. The first-order chi connectivity index (χ1) is 9.45. The van der Waals surface area contributed by atoms with Crippen LogP contribution in [0.4, 0.5) is 11.4 Å². The van der Waals surface area contributed by atoms with Gasteiger partial charge in [-0.1, -0.05) is 13.3 Å². The summed E-state index contributed by atoms with van der Waals surface area (Å²) in [7, 11) is 1.91. The Kier molecular flexibility index (Phi) is 6.11. The zero-order valence-electron chi connectivity index (χ0n) is 12.1. The normalized spacial score (nSPS) is 12.2. The second-order valence-electron chi connectivity index (χ2n) is 4.80. The molecule has 6 heteroatoms. The molecule has 0 aliphatic carbocycles. The summed E-state index contributed by atoms with van der Waals surface area (Å²) in [4.78, 5) is 24.1. The molecule has 0 saturated carbocycles. The fraction of sp³-hybridized carbons (Fsp3) is 0.500. The van der Waals surface area contributed by atoms with Gasteiger partial charge in [0.25, 0.3) is 5.69 Å². The lowest BCUT2D eigenvalue weighted by molar-refractivity contribution is -0.384. The van der Waals surface area contributed by atoms with Crippen LogP contribution in [-0.4, -0.2) is 35.4 Å². The van der Waals surface area contributed by atoms with Crippen LogP contribution in [0.25, 0.3) is 0 Å². The van der Waals surface area contributed by atoms with Gasteiger partial charge in [-0.25, -0.2) is 0 Å². The maximum Gasteiger partial charge on any atom is 0.269 e. The molecule has 0 fully saturated rings. The highest BCUT2D eigenvalue weighted by Crippen LogP contribution is 2.15. The van der Waals surface area contributed by atoms with Crippen molar-refractivity contribution < 1.29 is 9.72 Å². The summed E-state index contributed by atoms with van der Waals surface area (Å²) < 4.78 is 0. The largest absolute Gasteiger partial charge is 0.325 e. The molecular weight excluding hydrogens is 258 g/mol. The van der Waals surface area contributed by atoms with Crippen molar-refractivity contribution in [1.29, 1.82) is 0 Å². The Labute approximate surface area is 118 Å². The molecular formula is C14H21N3O3. The number of non-ortho nitro benzene ring substituents is 1. The van der Waals surface area contributed by atoms with E-state index in [1.54, 1.807) is 0 Å². The standard InChI is InChI=1S/C14H21N3O3/c1-4-5-10-16(3)11(2)14(18)15-12-6-8-13(9-7-12)17(19)20/h6-9,11H,4-5,10H2,1-3H3,(H,15,18). The third-order valence-corrected chi connectivity index (χ3v) is 3.25. The van der Waals surface area contributed by atoms with Crippen molar-refractivity contribution in [1.82, 2.24) is 4.90 Å². The maximum absolute atomic E-state index is 12.0. The number of anilines is 1. The second kappa shape index (κ2) is 7.59. The molecule has 0 saturated heterocycles. The highest BCUT2D eigenvalue weighted by atomic mass is 16.6. The molecule has 0 spiro atoms. The molecule has 20 heavy (non-hydrogen) atoms. The number of nitrogens with one attached hydrogen (secondary N) is 1. The quantitative estimate of drug-likeness (QED) is 0.615. The van der Waals surface area contributed by atoms with E-state index in [0.29, 0.717) is 5.69 Å². The third-order valence-electron chi connectivity index (χ3n) is 3.25. The molecule has 1 aromatic carbocycles. The van der Waals surface area contributed by atoms with Gasteiger partial charge < -0.3 is 5.32 Å². The first kappa shape index (κ1) is 16.1. The number of nitro groups is 1. The summed E-state index contributed by atoms with van der Waals surface area (Å²) in [5.74, 6) is -0.113. The molecule has 1 atom stereocenters. The van der Waals surface area contributed by atoms with Gasteiger partial charge in [-0.2, -0.15) is 0 Å². The molecule has 0 aliphatic heterocycles. The monoisotopic (exact) mass is 279 g/mol. The minimum absolute atomic E-state index is 0.0103. The van der Waals surface area contributed by atoms with Crippen LogP contribution < -0.4 is 5.32 Å². The van der Waals surface area contributed by atoms with Gasteiger partial charge in [-0.05, 0) is 39.1 Å². The van der Waals surface area contributed by atoms with E-state index < -0.39 is 4.92 Å². The predicted molar refractivity (Wildman–Crippen MR) is 78.7 cm³/mol. The SMILES string of the molecule is CCCCN(C)C(C)C(=O)Nc1ccc([N+](=O)[O-])cc1. The van der Waals surface area contributed by atoms with Crippen molar-refractivity contribution in [2.24, 2.45) is 0 Å². The van der Waals surface area contributed by atoms with Gasteiger partial charge in [0.2, 0.25) is 5.91 Å². The number of nitro benzene ring substituents is 1. The van der Waals surface area contributed by atoms with Crippen molar-refractivity contribution in [2.45, 2.75) is 32.7 Å². The lowest BCUT2D eigenvalue weighted by atomic mass is 10.2. The molecule has 1 aromatic rings. The van der Waals surface area contributed by atoms with E-state index in [2.05, 4.69) is 12.2 Å². The van der Waals surface area contributed by atoms with Crippen LogP contribution in [0, 0.1) is 10.1 Å². The number of benzene rings is 1. The van der Waals surface area contributed by atoms with Crippen LogP contribution in [-0.2, 0) is 4.79 Å². The topological polar surface area (TPSA) is 75.5 Å². The number of likely N-dealkylation sites (N-methyl/N-ethyl adjacent to an activating group) is 1. The van der Waals surface area contributed by atoms with Crippen molar-refractivity contribution in [3.63, 3.8) is 0 Å². The first-order valence-corrected chi connectivity index (χ1v) is 6.71. The molecule has 1 N–H and O–H groups in total. The minimum Gasteiger partial charge on any atom is -0.325 e. The molecule has 110 valence electrons. The van der Waals surface area contributed by atoms with Crippen molar-refractivity contribution in [2.75, 3.05) is 18.9 Å². The van der Waals surface area contributed by atoms with Gasteiger partial charge in [0, 0.05) is 17.8 Å². The second-order valence-corrected chi connectivity index (χ2v) is 4.80. The molecule has 1 rings (SSSR count). The van der Waals surface area contributed by atoms with E-state index in [1.165, 1.54) is 24.3 Å². The third kappa shape index (κ3) is 4.62. The molecule has 1 unspecified atom stereocenters. The van der Waals surface area contributed by atoms with Gasteiger partial charge in [-0.3, -0.25) is 19.8 Å². The zero-order valence-corrected chi connectivity index (χ0v) is 12.1. The maximum atomic E-state index is 12.0. The number of unbranched alkanes of at least 4 members (excludes halogenated alkanes) is 1. The Morgan fingerprint density at radius 1 is 1.40 bits per heavy atom. The van der Waals surface area contributed by atoms with Gasteiger partial charge in [0.15, 0.2) is 0 Å². The fourth-order valence-electron chi connectivity index (χ4n) is 1.71. The summed E-state index contributed by atoms with van der Waals surface area (Å²) in [6.45, 7) is 4.82. The number of amides is 1. The Morgan fingerprint density at radius 3 is 2.50 bits per heavy atom. The van der Waals surface area contributed by atoms with Crippen molar-refractivity contribution in [3.8, 4) is 0 Å². The number of carbonyl (C=O) groups is 1. The predicted octanol–water partition coefficient (Wildman–Crippen LogP) is 2.65. The van der Waals surface area contributed by atoms with E-state index in [1.807, 2.05) is 18.9 Å². The van der Waals surface area contributed by atoms with Crippen LogP contribution >= 0.6 is 0 Å². The average Bonchev–Trinajstić information content (AvgIpc) is 2.44. The van der Waals surface area contributed by atoms with Crippen LogP contribution in [0.1, 0.15) is 26.7 Å². The Balaban J connectivity index is 2.58. The number of nitrogens with zero attached hydrogens (tertiary/aromatic N) is 2. The molecule has 1 amide bonds. The number of hydrogen-bond acceptors (Lipinski definition) is 4. The van der Waals surface area contributed by atoms with Gasteiger partial charge in [0.05, 0.1) is 11.0 Å². The molecule has 0 aromatic heterocycles. The van der Waals surface area contributed by atoms with E-state index in [0.717, 1.165) is 19.4 Å². The Bertz CT molecular complexity index is 459. The average molecular weight is 279 g/mol. The van der Waals surface area contributed by atoms with E-state index in [4.69, 9.17) is 0 Å². The van der Waals surface area contributed by atoms with Gasteiger partial charge in [-0.15, -0.1) is 0 Å². The molecule has 6 nitrogen and oxygen atoms in total. The van der Waals surface area contributed by atoms with Crippen molar-refractivity contribution >= 4 is 17.3 Å². The summed E-state index contributed by atoms with van der Waals surface area (Å²) >= 11 is 0. The lowest BCUT2D eigenvalue weighted by Crippen LogP contribution is -2.40. The highest BCUT2D eigenvalue weighted by Gasteiger charge is 2.17. The van der Waals surface area contributed by atoms with E-state index in [-0.39, 0.29) is 17.6 Å². The van der Waals surface area contributed by atoms with E-state index in [9.17, 15) is 14.9 Å². The Morgan fingerprint density at radius 2 is 2.00 bits per heavy atom. The summed E-state index contributed by atoms with van der Waals surface area (Å²) in [6, 6.07) is 5.59. The fourth-order valence-corrected chi connectivity index (χ4v) is 1.71. The molecule has 0 bridgehead atoms. The van der Waals surface area contributed by atoms with Crippen LogP contribution in [0.15, 0.2) is 24.3 Å². The zero-order chi connectivity index (χ0) is 15.1. The first-order valence-electron chi connectivity index (χ1n) is 6.71. The summed E-state index contributed by atoms with van der Waals surface area (Å²) in [5, 5.41) is 13.3. The van der Waals surface area contributed by atoms with Crippen LogP contribution in [0.2, 0.25) is 0 Å². The van der Waals surface area contributed by atoms with Gasteiger partial charge in [0.1, 0.15) is 0 Å². The summed E-state index contributed by atoms with van der Waals surface area (Å²) in [5.41, 5.74) is 0.576. The number of rotatable bonds is 7. The van der Waals surface area contributed by atoms with Crippen LogP contribution in [0.3, 0.4) is 0 Å². The van der Waals surface area contributed by atoms with Gasteiger partial charge >= 0.3 is 0 Å². The number of hydrogen-bond donors (Lipinski definition) is 1. The lowest BCUT2D eigenvalue weighted by Gasteiger charge is -2.23. The molecule has 0 aliphatic rings. The van der Waals surface area contributed by atoms with E-state index >= 15 is 0 Å². The van der Waals surface area contributed by atoms with Crippen LogP contribution in [0.5, 0.6) is 0 Å². The molecule has 0 radical (unpaired) electrons. The molecule has 0 heterocycles.